The summed E-state index contributed by atoms with van der Waals surface area (Å²) in [5.74, 6) is -2.15. The number of benzene rings is 2. The van der Waals surface area contributed by atoms with Gasteiger partial charge in [-0.1, -0.05) is 29.4 Å². The zero-order valence-corrected chi connectivity index (χ0v) is 26.0. The molecule has 1 saturated heterocycles. The average Bonchev–Trinajstić information content (AvgIpc) is 3.79. The van der Waals surface area contributed by atoms with E-state index in [4.69, 9.17) is 9.84 Å². The van der Waals surface area contributed by atoms with Crippen molar-refractivity contribution in [3.8, 4) is 22.4 Å². The monoisotopic (exact) mass is 647 g/mol. The number of hydrogen-bond acceptors (Lipinski definition) is 10. The summed E-state index contributed by atoms with van der Waals surface area (Å²) in [5.41, 5.74) is 7.65. The van der Waals surface area contributed by atoms with Gasteiger partial charge in [0.25, 0.3) is 11.8 Å². The predicted molar refractivity (Wildman–Crippen MR) is 175 cm³/mol. The molecule has 0 radical (unpaired) electrons. The Bertz CT molecular complexity index is 1950. The van der Waals surface area contributed by atoms with Crippen molar-refractivity contribution in [2.75, 3.05) is 25.1 Å². The molecule has 48 heavy (non-hydrogen) atoms. The molecule has 13 heteroatoms. The Morgan fingerprint density at radius 3 is 2.60 bits per heavy atom. The van der Waals surface area contributed by atoms with Crippen LogP contribution in [-0.2, 0) is 27.3 Å². The highest BCUT2D eigenvalue weighted by Gasteiger charge is 2.45. The fourth-order valence-corrected chi connectivity index (χ4v) is 6.56. The molecule has 244 valence electrons. The number of fused-ring (bicyclic) bond motifs is 2. The molecule has 4 heterocycles. The number of rotatable bonds is 11. The summed E-state index contributed by atoms with van der Waals surface area (Å²) in [6, 6.07) is 14.0. The first-order valence-electron chi connectivity index (χ1n) is 15.9. The van der Waals surface area contributed by atoms with Crippen molar-refractivity contribution >= 4 is 35.0 Å². The standard InChI is InChI=1S/C35H33N7O6/c43-30-10-9-29(33(44)38-30)42-34(45)25-3-1-4-28(31(25)35(42)46)37-15-18-48-17-2-16-41-20-26(32(39-41)21-11-13-36-14-12-21)23-5-7-24-22(19-23)6-8-27(24)40-47/h1,3-5,7,11-14,19-20,29,37,47H,2,6,8-10,15-18H2,(H,38,43,44). The van der Waals surface area contributed by atoms with Crippen molar-refractivity contribution in [1.29, 1.82) is 0 Å². The summed E-state index contributed by atoms with van der Waals surface area (Å²) in [6.07, 6.45) is 7.97. The molecule has 1 unspecified atom stereocenters. The smallest absolute Gasteiger partial charge is 0.264 e. The highest BCUT2D eigenvalue weighted by atomic mass is 16.5. The van der Waals surface area contributed by atoms with E-state index in [-0.39, 0.29) is 24.0 Å². The number of aryl methyl sites for hydroxylation is 2. The summed E-state index contributed by atoms with van der Waals surface area (Å²) in [6.45, 7) is 1.88. The van der Waals surface area contributed by atoms with Crippen LogP contribution in [0.4, 0.5) is 5.69 Å². The maximum Gasteiger partial charge on any atom is 0.264 e. The van der Waals surface area contributed by atoms with Gasteiger partial charge in [-0.25, -0.2) is 0 Å². The average molecular weight is 648 g/mol. The number of aromatic nitrogens is 3. The van der Waals surface area contributed by atoms with E-state index in [1.165, 1.54) is 0 Å². The van der Waals surface area contributed by atoms with Crippen molar-refractivity contribution < 1.29 is 29.1 Å². The van der Waals surface area contributed by atoms with Crippen LogP contribution in [0.2, 0.25) is 0 Å². The first kappa shape index (κ1) is 30.9. The Labute approximate surface area is 275 Å². The van der Waals surface area contributed by atoms with Crippen molar-refractivity contribution in [3.63, 3.8) is 0 Å². The number of hydrogen-bond donors (Lipinski definition) is 3. The van der Waals surface area contributed by atoms with E-state index in [1.807, 2.05) is 35.1 Å². The number of piperidine rings is 1. The lowest BCUT2D eigenvalue weighted by Gasteiger charge is -2.27. The van der Waals surface area contributed by atoms with Crippen molar-refractivity contribution in [3.05, 3.63) is 89.4 Å². The lowest BCUT2D eigenvalue weighted by molar-refractivity contribution is -0.136. The van der Waals surface area contributed by atoms with Crippen LogP contribution < -0.4 is 10.6 Å². The number of amides is 4. The molecule has 2 aliphatic heterocycles. The number of imide groups is 2. The molecule has 1 atom stereocenters. The number of pyridine rings is 1. The topological polar surface area (TPSA) is 168 Å². The molecule has 3 N–H and O–H groups in total. The van der Waals surface area contributed by atoms with Gasteiger partial charge in [-0.3, -0.25) is 39.1 Å². The molecule has 0 spiro atoms. The Balaban J connectivity index is 0.949. The summed E-state index contributed by atoms with van der Waals surface area (Å²) in [5, 5.41) is 23.1. The maximum absolute atomic E-state index is 13.3. The second-order valence-electron chi connectivity index (χ2n) is 11.9. The van der Waals surface area contributed by atoms with E-state index in [0.717, 1.165) is 51.3 Å². The third-order valence-electron chi connectivity index (χ3n) is 8.90. The second-order valence-corrected chi connectivity index (χ2v) is 11.9. The van der Waals surface area contributed by atoms with Gasteiger partial charge < -0.3 is 15.3 Å². The molecular weight excluding hydrogens is 614 g/mol. The van der Waals surface area contributed by atoms with Gasteiger partial charge in [0.15, 0.2) is 0 Å². The SMILES string of the molecule is O=C1CCC(N2C(=O)c3cccc(NCCOCCCn4cc(-c5ccc6c(c5)CCC6=NO)c(-c5ccncc5)n4)c3C2=O)C(=O)N1. The van der Waals surface area contributed by atoms with Gasteiger partial charge in [-0.15, -0.1) is 0 Å². The minimum atomic E-state index is -1.01. The van der Waals surface area contributed by atoms with E-state index < -0.39 is 29.7 Å². The minimum Gasteiger partial charge on any atom is -0.411 e. The molecule has 0 bridgehead atoms. The van der Waals surface area contributed by atoms with Crippen LogP contribution in [0.1, 0.15) is 57.5 Å². The Morgan fingerprint density at radius 2 is 1.79 bits per heavy atom. The van der Waals surface area contributed by atoms with E-state index >= 15 is 0 Å². The van der Waals surface area contributed by atoms with Gasteiger partial charge in [0.1, 0.15) is 11.7 Å². The largest absolute Gasteiger partial charge is 0.411 e. The number of carbonyl (C=O) groups is 4. The number of nitrogens with one attached hydrogen (secondary N) is 2. The van der Waals surface area contributed by atoms with Crippen LogP contribution in [0.3, 0.4) is 0 Å². The quantitative estimate of drug-likeness (QED) is 0.0952. The molecule has 2 aromatic heterocycles. The molecule has 13 nitrogen and oxygen atoms in total. The third kappa shape index (κ3) is 5.84. The number of carbonyl (C=O) groups excluding carboxylic acids is 4. The summed E-state index contributed by atoms with van der Waals surface area (Å²) in [7, 11) is 0. The molecule has 7 rings (SSSR count). The van der Waals surface area contributed by atoms with Gasteiger partial charge in [-0.2, -0.15) is 5.10 Å². The van der Waals surface area contributed by atoms with E-state index in [1.54, 1.807) is 30.6 Å². The zero-order valence-electron chi connectivity index (χ0n) is 26.0. The van der Waals surface area contributed by atoms with Crippen LogP contribution in [-0.4, -0.2) is 80.0 Å². The fourth-order valence-electron chi connectivity index (χ4n) is 6.56. The van der Waals surface area contributed by atoms with Crippen LogP contribution in [0.25, 0.3) is 22.4 Å². The van der Waals surface area contributed by atoms with Gasteiger partial charge in [0.05, 0.1) is 23.4 Å². The minimum absolute atomic E-state index is 0.0667. The highest BCUT2D eigenvalue weighted by molar-refractivity contribution is 6.25. The van der Waals surface area contributed by atoms with Crippen molar-refractivity contribution in [2.45, 2.75) is 44.7 Å². The van der Waals surface area contributed by atoms with Gasteiger partial charge >= 0.3 is 0 Å². The molecule has 1 aliphatic carbocycles. The predicted octanol–water partition coefficient (Wildman–Crippen LogP) is 3.66. The summed E-state index contributed by atoms with van der Waals surface area (Å²) >= 11 is 0. The lowest BCUT2D eigenvalue weighted by Crippen LogP contribution is -2.54. The number of ether oxygens (including phenoxy) is 1. The Kier molecular flexibility index (Phi) is 8.51. The van der Waals surface area contributed by atoms with Crippen molar-refractivity contribution in [1.82, 2.24) is 25.0 Å². The number of anilines is 1. The number of nitrogens with zero attached hydrogens (tertiary/aromatic N) is 5. The summed E-state index contributed by atoms with van der Waals surface area (Å²) in [4.78, 5) is 55.4. The van der Waals surface area contributed by atoms with Gasteiger partial charge in [0.2, 0.25) is 11.8 Å². The molecule has 0 saturated carbocycles. The fraction of sp³-hybridized carbons (Fsp3) is 0.286. The van der Waals surface area contributed by atoms with E-state index in [2.05, 4.69) is 26.8 Å². The molecule has 3 aliphatic rings. The number of oxime groups is 1. The lowest BCUT2D eigenvalue weighted by atomic mass is 9.98. The Morgan fingerprint density at radius 1 is 0.938 bits per heavy atom. The van der Waals surface area contributed by atoms with E-state index in [9.17, 15) is 24.4 Å². The summed E-state index contributed by atoms with van der Waals surface area (Å²) < 4.78 is 7.79. The van der Waals surface area contributed by atoms with Gasteiger partial charge in [0, 0.05) is 67.1 Å². The van der Waals surface area contributed by atoms with Crippen LogP contribution in [0.15, 0.2) is 72.3 Å². The van der Waals surface area contributed by atoms with Crippen LogP contribution in [0.5, 0.6) is 0 Å². The van der Waals surface area contributed by atoms with Gasteiger partial charge in [-0.05, 0) is 61.1 Å². The first-order chi connectivity index (χ1) is 23.4. The molecule has 2 aromatic carbocycles. The Hall–Kier alpha value is -5.69. The molecule has 4 aromatic rings. The maximum atomic E-state index is 13.3. The molecule has 1 fully saturated rings. The second kappa shape index (κ2) is 13.2. The van der Waals surface area contributed by atoms with Crippen molar-refractivity contribution in [2.24, 2.45) is 5.16 Å². The third-order valence-corrected chi connectivity index (χ3v) is 8.90. The zero-order chi connectivity index (χ0) is 33.2. The highest BCUT2D eigenvalue weighted by Crippen LogP contribution is 2.35. The van der Waals surface area contributed by atoms with Crippen LogP contribution >= 0.6 is 0 Å². The molecule has 4 amide bonds. The van der Waals surface area contributed by atoms with E-state index in [0.29, 0.717) is 44.1 Å². The molecular formula is C35H33N7O6. The van der Waals surface area contributed by atoms with Crippen LogP contribution in [0, 0.1) is 0 Å². The normalized spacial score (nSPS) is 18.0. The first-order valence-corrected chi connectivity index (χ1v) is 15.9.